The van der Waals surface area contributed by atoms with Crippen LogP contribution < -0.4 is 4.74 Å². The third-order valence-electron chi connectivity index (χ3n) is 4.11. The molecule has 1 atom stereocenters. The van der Waals surface area contributed by atoms with E-state index in [9.17, 15) is 9.00 Å². The van der Waals surface area contributed by atoms with Gasteiger partial charge < -0.3 is 14.2 Å². The van der Waals surface area contributed by atoms with Crippen LogP contribution in [0.2, 0.25) is 0 Å². The SMILES string of the molecule is COc1cc(C)c(S(=O)N(CCOCC(=O)OC(C)(C)C)C2CC2)c(C)c1. The highest BCUT2D eigenvalue weighted by Crippen LogP contribution is 2.33. The first-order valence-electron chi connectivity index (χ1n) is 9.25. The van der Waals surface area contributed by atoms with E-state index in [1.165, 1.54) is 0 Å². The van der Waals surface area contributed by atoms with Crippen molar-refractivity contribution >= 4 is 17.0 Å². The number of hydrogen-bond donors (Lipinski definition) is 0. The number of esters is 1. The molecule has 1 fully saturated rings. The maximum atomic E-state index is 13.2. The van der Waals surface area contributed by atoms with Gasteiger partial charge in [-0.05, 0) is 70.7 Å². The van der Waals surface area contributed by atoms with Gasteiger partial charge in [0.1, 0.15) is 28.9 Å². The third kappa shape index (κ3) is 6.59. The number of aryl methyl sites for hydroxylation is 2. The van der Waals surface area contributed by atoms with Crippen LogP contribution in [0.25, 0.3) is 0 Å². The average Bonchev–Trinajstić information content (AvgIpc) is 3.36. The van der Waals surface area contributed by atoms with E-state index < -0.39 is 16.6 Å². The Labute approximate surface area is 164 Å². The van der Waals surface area contributed by atoms with E-state index in [2.05, 4.69) is 0 Å². The Morgan fingerprint density at radius 1 is 1.22 bits per heavy atom. The highest BCUT2D eigenvalue weighted by molar-refractivity contribution is 7.82. The Hall–Kier alpha value is -1.44. The molecule has 1 aliphatic carbocycles. The van der Waals surface area contributed by atoms with Gasteiger partial charge in [-0.1, -0.05) is 0 Å². The molecular weight excluding hydrogens is 366 g/mol. The lowest BCUT2D eigenvalue weighted by Gasteiger charge is -2.23. The highest BCUT2D eigenvalue weighted by Gasteiger charge is 2.34. The molecule has 0 radical (unpaired) electrons. The molecule has 0 aromatic heterocycles. The Balaban J connectivity index is 1.96. The first kappa shape index (κ1) is 21.9. The van der Waals surface area contributed by atoms with Crippen molar-refractivity contribution in [1.29, 1.82) is 0 Å². The van der Waals surface area contributed by atoms with Crippen molar-refractivity contribution in [2.75, 3.05) is 26.9 Å². The number of rotatable bonds is 9. The van der Waals surface area contributed by atoms with Crippen molar-refractivity contribution in [3.63, 3.8) is 0 Å². The second-order valence-corrected chi connectivity index (χ2v) is 9.23. The fourth-order valence-electron chi connectivity index (χ4n) is 2.87. The number of benzene rings is 1. The molecule has 1 aromatic carbocycles. The Kier molecular flexibility index (Phi) is 7.42. The van der Waals surface area contributed by atoms with Crippen LogP contribution in [0.5, 0.6) is 5.75 Å². The van der Waals surface area contributed by atoms with E-state index in [0.717, 1.165) is 34.6 Å². The summed E-state index contributed by atoms with van der Waals surface area (Å²) in [5.74, 6) is 0.382. The molecule has 0 heterocycles. The van der Waals surface area contributed by atoms with Crippen LogP contribution in [0.4, 0.5) is 0 Å². The van der Waals surface area contributed by atoms with Crippen LogP contribution in [0.15, 0.2) is 17.0 Å². The first-order valence-corrected chi connectivity index (χ1v) is 10.4. The van der Waals surface area contributed by atoms with Gasteiger partial charge in [0.2, 0.25) is 0 Å². The number of hydrogen-bond acceptors (Lipinski definition) is 5. The zero-order valence-electron chi connectivity index (χ0n) is 17.2. The van der Waals surface area contributed by atoms with Gasteiger partial charge in [-0.15, -0.1) is 0 Å². The zero-order chi connectivity index (χ0) is 20.2. The molecule has 1 aliphatic rings. The molecule has 0 N–H and O–H groups in total. The van der Waals surface area contributed by atoms with Crippen LogP contribution >= 0.6 is 0 Å². The normalized spacial score (nSPS) is 15.7. The Morgan fingerprint density at radius 2 is 1.81 bits per heavy atom. The molecule has 0 spiro atoms. The van der Waals surface area contributed by atoms with Gasteiger partial charge in [0.05, 0.1) is 18.6 Å². The summed E-state index contributed by atoms with van der Waals surface area (Å²) in [4.78, 5) is 12.6. The number of carbonyl (C=O) groups excluding carboxylic acids is 1. The van der Waals surface area contributed by atoms with E-state index in [1.807, 2.05) is 51.1 Å². The van der Waals surface area contributed by atoms with Gasteiger partial charge in [-0.3, -0.25) is 0 Å². The highest BCUT2D eigenvalue weighted by atomic mass is 32.2. The fraction of sp³-hybridized carbons (Fsp3) is 0.650. The molecule has 1 saturated carbocycles. The van der Waals surface area contributed by atoms with Crippen LogP contribution in [-0.4, -0.2) is 53.0 Å². The summed E-state index contributed by atoms with van der Waals surface area (Å²) in [6.07, 6.45) is 2.07. The average molecular weight is 398 g/mol. The fourth-order valence-corrected chi connectivity index (χ4v) is 4.49. The lowest BCUT2D eigenvalue weighted by atomic mass is 10.1. The second-order valence-electron chi connectivity index (χ2n) is 7.85. The molecule has 27 heavy (non-hydrogen) atoms. The molecule has 1 aromatic rings. The summed E-state index contributed by atoms with van der Waals surface area (Å²) < 4.78 is 31.2. The van der Waals surface area contributed by atoms with Crippen molar-refractivity contribution < 1.29 is 23.2 Å². The van der Waals surface area contributed by atoms with Gasteiger partial charge in [0.15, 0.2) is 0 Å². The molecule has 6 nitrogen and oxygen atoms in total. The van der Waals surface area contributed by atoms with Crippen molar-refractivity contribution in [3.05, 3.63) is 23.3 Å². The maximum Gasteiger partial charge on any atom is 0.332 e. The quantitative estimate of drug-likeness (QED) is 0.473. The summed E-state index contributed by atoms with van der Waals surface area (Å²) in [5.41, 5.74) is 1.38. The van der Waals surface area contributed by atoms with E-state index in [0.29, 0.717) is 19.2 Å². The lowest BCUT2D eigenvalue weighted by molar-refractivity contribution is -0.160. The van der Waals surface area contributed by atoms with Crippen LogP contribution in [0.1, 0.15) is 44.7 Å². The number of nitrogens with zero attached hydrogens (tertiary/aromatic N) is 1. The summed E-state index contributed by atoms with van der Waals surface area (Å²) in [5, 5.41) is 0. The molecule has 0 aliphatic heterocycles. The molecule has 2 rings (SSSR count). The minimum absolute atomic E-state index is 0.0942. The van der Waals surface area contributed by atoms with E-state index in [1.54, 1.807) is 7.11 Å². The van der Waals surface area contributed by atoms with Gasteiger partial charge in [-0.2, -0.15) is 0 Å². The first-order chi connectivity index (χ1) is 12.6. The Morgan fingerprint density at radius 3 is 2.30 bits per heavy atom. The van der Waals surface area contributed by atoms with Gasteiger partial charge in [0.25, 0.3) is 0 Å². The van der Waals surface area contributed by atoms with Gasteiger partial charge in [0, 0.05) is 12.6 Å². The monoisotopic (exact) mass is 397 g/mol. The van der Waals surface area contributed by atoms with Crippen LogP contribution in [-0.2, 0) is 25.3 Å². The number of ether oxygens (including phenoxy) is 3. The van der Waals surface area contributed by atoms with Gasteiger partial charge >= 0.3 is 5.97 Å². The molecule has 7 heteroatoms. The van der Waals surface area contributed by atoms with Crippen molar-refractivity contribution in [1.82, 2.24) is 4.31 Å². The van der Waals surface area contributed by atoms with Crippen LogP contribution in [0, 0.1) is 13.8 Å². The minimum atomic E-state index is -1.27. The molecule has 1 unspecified atom stereocenters. The zero-order valence-corrected chi connectivity index (χ0v) is 18.0. The van der Waals surface area contributed by atoms with E-state index in [-0.39, 0.29) is 12.6 Å². The minimum Gasteiger partial charge on any atom is -0.497 e. The molecule has 0 amide bonds. The van der Waals surface area contributed by atoms with Crippen molar-refractivity contribution in [2.45, 2.75) is 64.0 Å². The van der Waals surface area contributed by atoms with E-state index >= 15 is 0 Å². The van der Waals surface area contributed by atoms with Gasteiger partial charge in [-0.25, -0.2) is 13.3 Å². The molecule has 152 valence electrons. The smallest absolute Gasteiger partial charge is 0.332 e. The summed E-state index contributed by atoms with van der Waals surface area (Å²) >= 11 is 0. The standard InChI is InChI=1S/C20H31NO5S/c1-14-11-17(24-6)12-15(2)19(14)27(23)21(16-7-8-16)9-10-25-13-18(22)26-20(3,4)5/h11-12,16H,7-10,13H2,1-6H3. The predicted octanol–water partition coefficient (Wildman–Crippen LogP) is 3.16. The topological polar surface area (TPSA) is 65.1 Å². The second kappa shape index (κ2) is 9.17. The van der Waals surface area contributed by atoms with Crippen LogP contribution in [0.3, 0.4) is 0 Å². The number of carbonyl (C=O) groups is 1. The summed E-state index contributed by atoms with van der Waals surface area (Å²) in [6.45, 7) is 10.1. The molecule has 0 bridgehead atoms. The molecule has 0 saturated heterocycles. The summed E-state index contributed by atoms with van der Waals surface area (Å²) in [7, 11) is 0.358. The third-order valence-corrected chi connectivity index (χ3v) is 6.01. The maximum absolute atomic E-state index is 13.2. The lowest BCUT2D eigenvalue weighted by Crippen LogP contribution is -2.33. The Bertz CT molecular complexity index is 671. The van der Waals surface area contributed by atoms with Crippen molar-refractivity contribution in [3.8, 4) is 5.75 Å². The summed E-state index contributed by atoms with van der Waals surface area (Å²) in [6, 6.07) is 4.12. The van der Waals surface area contributed by atoms with E-state index in [4.69, 9.17) is 14.2 Å². The van der Waals surface area contributed by atoms with Crippen molar-refractivity contribution in [2.24, 2.45) is 0 Å². The molecular formula is C20H31NO5S. The number of methoxy groups -OCH3 is 1. The largest absolute Gasteiger partial charge is 0.497 e. The predicted molar refractivity (Wildman–Crippen MR) is 105 cm³/mol.